The van der Waals surface area contributed by atoms with Gasteiger partial charge in [-0.05, 0) is 18.6 Å². The molecule has 142 valence electrons. The number of oxazole rings is 1. The molecule has 0 spiro atoms. The Morgan fingerprint density at radius 1 is 1.19 bits per heavy atom. The Labute approximate surface area is 160 Å². The molecule has 0 atom stereocenters. The van der Waals surface area contributed by atoms with Crippen LogP contribution < -0.4 is 20.5 Å². The molecule has 0 fully saturated rings. The summed E-state index contributed by atoms with van der Waals surface area (Å²) in [6.45, 7) is 0.379. The van der Waals surface area contributed by atoms with Crippen molar-refractivity contribution < 1.29 is 18.7 Å². The van der Waals surface area contributed by atoms with Gasteiger partial charge in [-0.15, -0.1) is 0 Å². The van der Waals surface area contributed by atoms with Gasteiger partial charge in [-0.25, -0.2) is 4.79 Å². The van der Waals surface area contributed by atoms with Crippen LogP contribution in [0.25, 0.3) is 11.1 Å². The molecule has 2 aromatic carbocycles. The van der Waals surface area contributed by atoms with Gasteiger partial charge in [0.05, 0.1) is 30.4 Å². The summed E-state index contributed by atoms with van der Waals surface area (Å²) in [4.78, 5) is 24.2. The third-order valence-corrected chi connectivity index (χ3v) is 4.40. The van der Waals surface area contributed by atoms with Crippen molar-refractivity contribution in [3.63, 3.8) is 0 Å². The SMILES string of the molecule is COc1cc(NC(=O)CCCn2c(=O)oc3ccccc32)c(OC)cc1Cl. The van der Waals surface area contributed by atoms with Crippen LogP contribution in [0.3, 0.4) is 0 Å². The van der Waals surface area contributed by atoms with Crippen LogP contribution in [0.4, 0.5) is 5.69 Å². The zero-order chi connectivity index (χ0) is 19.4. The second-order valence-electron chi connectivity index (χ2n) is 5.83. The Balaban J connectivity index is 1.65. The van der Waals surface area contributed by atoms with Crippen LogP contribution in [-0.4, -0.2) is 24.7 Å². The zero-order valence-corrected chi connectivity index (χ0v) is 15.7. The Morgan fingerprint density at radius 2 is 1.93 bits per heavy atom. The number of para-hydroxylation sites is 2. The summed E-state index contributed by atoms with van der Waals surface area (Å²) in [5, 5.41) is 3.17. The van der Waals surface area contributed by atoms with Crippen molar-refractivity contribution in [2.24, 2.45) is 0 Å². The summed E-state index contributed by atoms with van der Waals surface area (Å²) in [7, 11) is 2.98. The van der Waals surface area contributed by atoms with Gasteiger partial charge in [-0.2, -0.15) is 0 Å². The molecular formula is C19H19ClN2O5. The number of carbonyl (C=O) groups excluding carboxylic acids is 1. The van der Waals surface area contributed by atoms with Crippen LogP contribution in [-0.2, 0) is 11.3 Å². The van der Waals surface area contributed by atoms with E-state index in [-0.39, 0.29) is 12.3 Å². The first-order chi connectivity index (χ1) is 13.0. The molecule has 1 amide bonds. The number of rotatable bonds is 7. The van der Waals surface area contributed by atoms with E-state index < -0.39 is 5.76 Å². The zero-order valence-electron chi connectivity index (χ0n) is 15.0. The van der Waals surface area contributed by atoms with Gasteiger partial charge >= 0.3 is 5.76 Å². The highest BCUT2D eigenvalue weighted by Crippen LogP contribution is 2.35. The van der Waals surface area contributed by atoms with Gasteiger partial charge in [0, 0.05) is 25.1 Å². The van der Waals surface area contributed by atoms with Gasteiger partial charge in [0.1, 0.15) is 11.5 Å². The minimum Gasteiger partial charge on any atom is -0.495 e. The quantitative estimate of drug-likeness (QED) is 0.665. The molecule has 7 nitrogen and oxygen atoms in total. The van der Waals surface area contributed by atoms with Crippen LogP contribution in [0, 0.1) is 0 Å². The van der Waals surface area contributed by atoms with E-state index in [0.29, 0.717) is 46.3 Å². The summed E-state index contributed by atoms with van der Waals surface area (Å²) in [5.41, 5.74) is 1.71. The number of hydrogen-bond acceptors (Lipinski definition) is 5. The van der Waals surface area contributed by atoms with Crippen molar-refractivity contribution in [1.82, 2.24) is 4.57 Å². The topological polar surface area (TPSA) is 82.7 Å². The first-order valence-electron chi connectivity index (χ1n) is 8.33. The molecule has 0 aliphatic rings. The van der Waals surface area contributed by atoms with E-state index in [0.717, 1.165) is 0 Å². The number of methoxy groups -OCH3 is 2. The molecule has 27 heavy (non-hydrogen) atoms. The number of anilines is 1. The summed E-state index contributed by atoms with van der Waals surface area (Å²) < 4.78 is 17.1. The van der Waals surface area contributed by atoms with Crippen molar-refractivity contribution >= 4 is 34.3 Å². The molecule has 0 saturated heterocycles. The fourth-order valence-corrected chi connectivity index (χ4v) is 3.03. The van der Waals surface area contributed by atoms with Crippen LogP contribution in [0.1, 0.15) is 12.8 Å². The molecule has 0 aliphatic carbocycles. The fourth-order valence-electron chi connectivity index (χ4n) is 2.79. The van der Waals surface area contributed by atoms with Gasteiger partial charge in [0.25, 0.3) is 0 Å². The minimum absolute atomic E-state index is 0.210. The smallest absolute Gasteiger partial charge is 0.419 e. The van der Waals surface area contributed by atoms with E-state index in [1.165, 1.54) is 18.8 Å². The molecule has 0 aliphatic heterocycles. The molecule has 0 unspecified atom stereocenters. The lowest BCUT2D eigenvalue weighted by atomic mass is 10.2. The predicted molar refractivity (Wildman–Crippen MR) is 103 cm³/mol. The third kappa shape index (κ3) is 4.09. The van der Waals surface area contributed by atoms with E-state index >= 15 is 0 Å². The number of fused-ring (bicyclic) bond motifs is 1. The largest absolute Gasteiger partial charge is 0.495 e. The lowest BCUT2D eigenvalue weighted by Gasteiger charge is -2.13. The average molecular weight is 391 g/mol. The summed E-state index contributed by atoms with van der Waals surface area (Å²) in [6.07, 6.45) is 0.697. The maximum absolute atomic E-state index is 12.3. The van der Waals surface area contributed by atoms with Crippen molar-refractivity contribution in [2.75, 3.05) is 19.5 Å². The average Bonchev–Trinajstić information content (AvgIpc) is 2.98. The van der Waals surface area contributed by atoms with Gasteiger partial charge in [-0.1, -0.05) is 23.7 Å². The Hall–Kier alpha value is -2.93. The van der Waals surface area contributed by atoms with E-state index in [1.54, 1.807) is 24.3 Å². The van der Waals surface area contributed by atoms with Gasteiger partial charge in [0.15, 0.2) is 5.58 Å². The van der Waals surface area contributed by atoms with Gasteiger partial charge in [-0.3, -0.25) is 9.36 Å². The molecule has 1 heterocycles. The van der Waals surface area contributed by atoms with Crippen LogP contribution >= 0.6 is 11.6 Å². The number of benzene rings is 2. The molecule has 0 saturated carbocycles. The van der Waals surface area contributed by atoms with Crippen LogP contribution in [0.15, 0.2) is 45.6 Å². The Morgan fingerprint density at radius 3 is 2.67 bits per heavy atom. The van der Waals surface area contributed by atoms with E-state index in [1.807, 2.05) is 12.1 Å². The maximum atomic E-state index is 12.3. The minimum atomic E-state index is -0.430. The number of ether oxygens (including phenoxy) is 2. The number of halogens is 1. The third-order valence-electron chi connectivity index (χ3n) is 4.11. The monoisotopic (exact) mass is 390 g/mol. The molecule has 1 aromatic heterocycles. The molecule has 3 rings (SSSR count). The van der Waals surface area contributed by atoms with Gasteiger partial charge < -0.3 is 19.2 Å². The number of nitrogens with zero attached hydrogens (tertiary/aromatic N) is 1. The first kappa shape index (κ1) is 18.8. The molecule has 0 radical (unpaired) electrons. The highest BCUT2D eigenvalue weighted by atomic mass is 35.5. The summed E-state index contributed by atoms with van der Waals surface area (Å²) >= 11 is 6.06. The number of carbonyl (C=O) groups is 1. The number of aryl methyl sites for hydroxylation is 1. The van der Waals surface area contributed by atoms with E-state index in [4.69, 9.17) is 25.5 Å². The lowest BCUT2D eigenvalue weighted by Crippen LogP contribution is -2.17. The van der Waals surface area contributed by atoms with Crippen molar-refractivity contribution in [3.8, 4) is 11.5 Å². The summed E-state index contributed by atoms with van der Waals surface area (Å²) in [6, 6.07) is 10.4. The number of nitrogens with one attached hydrogen (secondary N) is 1. The second-order valence-corrected chi connectivity index (χ2v) is 6.23. The highest BCUT2D eigenvalue weighted by molar-refractivity contribution is 6.32. The maximum Gasteiger partial charge on any atom is 0.419 e. The lowest BCUT2D eigenvalue weighted by molar-refractivity contribution is -0.116. The Bertz CT molecular complexity index is 1020. The molecular weight excluding hydrogens is 372 g/mol. The second kappa shape index (κ2) is 8.18. The van der Waals surface area contributed by atoms with Crippen LogP contribution in [0.2, 0.25) is 5.02 Å². The molecule has 1 N–H and O–H groups in total. The number of hydrogen-bond donors (Lipinski definition) is 1. The normalized spacial score (nSPS) is 10.8. The number of aromatic nitrogens is 1. The molecule has 0 bridgehead atoms. The van der Waals surface area contributed by atoms with E-state index in [2.05, 4.69) is 5.32 Å². The van der Waals surface area contributed by atoms with Crippen molar-refractivity contribution in [1.29, 1.82) is 0 Å². The summed E-state index contributed by atoms with van der Waals surface area (Å²) in [5.74, 6) is 0.231. The first-order valence-corrected chi connectivity index (χ1v) is 8.71. The Kier molecular flexibility index (Phi) is 5.71. The fraction of sp³-hybridized carbons (Fsp3) is 0.263. The molecule has 8 heteroatoms. The van der Waals surface area contributed by atoms with Crippen LogP contribution in [0.5, 0.6) is 11.5 Å². The highest BCUT2D eigenvalue weighted by Gasteiger charge is 2.13. The van der Waals surface area contributed by atoms with Gasteiger partial charge in [0.2, 0.25) is 5.91 Å². The predicted octanol–water partition coefficient (Wildman–Crippen LogP) is 3.68. The standard InChI is InChI=1S/C19H19ClN2O5/c1-25-16-11-13(17(26-2)10-12(16)20)21-18(23)8-5-9-22-14-6-3-4-7-15(14)27-19(22)24/h3-4,6-7,10-11H,5,8-9H2,1-2H3,(H,21,23). The van der Waals surface area contributed by atoms with Crippen molar-refractivity contribution in [3.05, 3.63) is 52.0 Å². The molecule has 3 aromatic rings. The van der Waals surface area contributed by atoms with Crippen molar-refractivity contribution in [2.45, 2.75) is 19.4 Å². The van der Waals surface area contributed by atoms with E-state index in [9.17, 15) is 9.59 Å². The number of amides is 1.